The average molecular weight is 261 g/mol. The van der Waals surface area contributed by atoms with Crippen molar-refractivity contribution < 1.29 is 4.39 Å². The van der Waals surface area contributed by atoms with Crippen LogP contribution in [0.1, 0.15) is 30.4 Å². The number of nitrogens with one attached hydrogen (secondary N) is 1. The van der Waals surface area contributed by atoms with Crippen molar-refractivity contribution in [2.75, 3.05) is 20.6 Å². The van der Waals surface area contributed by atoms with Gasteiger partial charge in [-0.15, -0.1) is 0 Å². The molecular formula is C15H20FN3. The predicted molar refractivity (Wildman–Crippen MR) is 73.1 cm³/mol. The highest BCUT2D eigenvalue weighted by Gasteiger charge is 2.38. The van der Waals surface area contributed by atoms with Gasteiger partial charge in [0.2, 0.25) is 0 Å². The van der Waals surface area contributed by atoms with Gasteiger partial charge < -0.3 is 10.2 Å². The van der Waals surface area contributed by atoms with Crippen molar-refractivity contribution in [3.05, 3.63) is 35.1 Å². The van der Waals surface area contributed by atoms with Crippen molar-refractivity contribution in [2.24, 2.45) is 0 Å². The molecule has 1 fully saturated rings. The van der Waals surface area contributed by atoms with Crippen LogP contribution in [-0.4, -0.2) is 31.1 Å². The number of benzene rings is 1. The Balaban J connectivity index is 1.96. The number of likely N-dealkylation sites (N-methyl/N-ethyl adjacent to an activating group) is 1. The zero-order chi connectivity index (χ0) is 13.9. The van der Waals surface area contributed by atoms with E-state index in [1.807, 2.05) is 0 Å². The second kappa shape index (κ2) is 5.68. The van der Waals surface area contributed by atoms with Crippen LogP contribution in [0.5, 0.6) is 0 Å². The molecular weight excluding hydrogens is 241 g/mol. The van der Waals surface area contributed by atoms with E-state index in [1.165, 1.54) is 37.5 Å². The summed E-state index contributed by atoms with van der Waals surface area (Å²) in [6, 6.07) is 6.41. The highest BCUT2D eigenvalue weighted by atomic mass is 19.1. The van der Waals surface area contributed by atoms with Gasteiger partial charge in [-0.1, -0.05) is 0 Å². The van der Waals surface area contributed by atoms with Gasteiger partial charge >= 0.3 is 0 Å². The van der Waals surface area contributed by atoms with Crippen LogP contribution in [0.25, 0.3) is 0 Å². The Morgan fingerprint density at radius 1 is 1.42 bits per heavy atom. The second-order valence-electron chi connectivity index (χ2n) is 5.49. The third kappa shape index (κ3) is 2.94. The van der Waals surface area contributed by atoms with Gasteiger partial charge in [-0.25, -0.2) is 4.39 Å². The van der Waals surface area contributed by atoms with Crippen LogP contribution in [0.15, 0.2) is 18.2 Å². The van der Waals surface area contributed by atoms with Crippen molar-refractivity contribution in [1.29, 1.82) is 5.26 Å². The smallest absolute Gasteiger partial charge is 0.123 e. The third-order valence-electron chi connectivity index (χ3n) is 4.19. The molecule has 0 amide bonds. The molecule has 0 bridgehead atoms. The van der Waals surface area contributed by atoms with Crippen molar-refractivity contribution in [3.8, 4) is 6.07 Å². The van der Waals surface area contributed by atoms with Gasteiger partial charge in [0, 0.05) is 18.6 Å². The van der Waals surface area contributed by atoms with Crippen LogP contribution in [0, 0.1) is 17.1 Å². The van der Waals surface area contributed by atoms with E-state index >= 15 is 0 Å². The molecule has 2 rings (SSSR count). The fourth-order valence-electron chi connectivity index (χ4n) is 2.61. The van der Waals surface area contributed by atoms with E-state index in [9.17, 15) is 4.39 Å². The van der Waals surface area contributed by atoms with Crippen molar-refractivity contribution in [3.63, 3.8) is 0 Å². The summed E-state index contributed by atoms with van der Waals surface area (Å²) < 4.78 is 13.2. The monoisotopic (exact) mass is 261 g/mol. The summed E-state index contributed by atoms with van der Waals surface area (Å²) >= 11 is 0. The number of hydrogen-bond acceptors (Lipinski definition) is 3. The van der Waals surface area contributed by atoms with E-state index in [1.54, 1.807) is 0 Å². The Bertz CT molecular complexity index is 487. The summed E-state index contributed by atoms with van der Waals surface area (Å²) in [7, 11) is 4.20. The lowest BCUT2D eigenvalue weighted by Gasteiger charge is -2.47. The summed E-state index contributed by atoms with van der Waals surface area (Å²) in [5.74, 6) is -0.290. The Morgan fingerprint density at radius 3 is 2.68 bits per heavy atom. The van der Waals surface area contributed by atoms with E-state index in [0.717, 1.165) is 12.1 Å². The maximum absolute atomic E-state index is 13.2. The molecule has 0 aliphatic heterocycles. The Morgan fingerprint density at radius 2 is 2.16 bits per heavy atom. The van der Waals surface area contributed by atoms with Crippen LogP contribution >= 0.6 is 0 Å². The van der Waals surface area contributed by atoms with Crippen LogP contribution in [0.2, 0.25) is 0 Å². The highest BCUT2D eigenvalue weighted by molar-refractivity contribution is 5.37. The minimum absolute atomic E-state index is 0.236. The van der Waals surface area contributed by atoms with E-state index < -0.39 is 0 Å². The standard InChI is InChI=1S/C15H20FN3/c1-19(2)15(6-3-7-15)11-18-10-13-8-14(16)5-4-12(13)9-17/h4-5,8,18H,3,6-7,10-11H2,1-2H3. The van der Waals surface area contributed by atoms with Gasteiger partial charge in [0.25, 0.3) is 0 Å². The lowest BCUT2D eigenvalue weighted by molar-refractivity contribution is 0.0598. The van der Waals surface area contributed by atoms with E-state index in [2.05, 4.69) is 30.4 Å². The van der Waals surface area contributed by atoms with Gasteiger partial charge in [0.1, 0.15) is 5.82 Å². The number of nitrogens with zero attached hydrogens (tertiary/aromatic N) is 2. The topological polar surface area (TPSA) is 39.1 Å². The van der Waals surface area contributed by atoms with Gasteiger partial charge in [-0.05, 0) is 57.1 Å². The fourth-order valence-corrected chi connectivity index (χ4v) is 2.61. The zero-order valence-corrected chi connectivity index (χ0v) is 11.5. The largest absolute Gasteiger partial charge is 0.311 e. The van der Waals surface area contributed by atoms with Crippen LogP contribution < -0.4 is 5.32 Å². The molecule has 1 aliphatic rings. The molecule has 1 aromatic rings. The number of nitriles is 1. The van der Waals surface area contributed by atoms with E-state index in [0.29, 0.717) is 12.1 Å². The van der Waals surface area contributed by atoms with Gasteiger partial charge in [-0.3, -0.25) is 0 Å². The van der Waals surface area contributed by atoms with Crippen LogP contribution in [0.3, 0.4) is 0 Å². The first kappa shape index (κ1) is 14.0. The molecule has 0 atom stereocenters. The van der Waals surface area contributed by atoms with Crippen molar-refractivity contribution >= 4 is 0 Å². The minimum atomic E-state index is -0.290. The zero-order valence-electron chi connectivity index (χ0n) is 11.5. The number of halogens is 1. The summed E-state index contributed by atoms with van der Waals surface area (Å²) in [6.45, 7) is 1.41. The summed E-state index contributed by atoms with van der Waals surface area (Å²) in [5.41, 5.74) is 1.51. The van der Waals surface area contributed by atoms with E-state index in [-0.39, 0.29) is 11.4 Å². The molecule has 1 aliphatic carbocycles. The van der Waals surface area contributed by atoms with E-state index in [4.69, 9.17) is 5.26 Å². The summed E-state index contributed by atoms with van der Waals surface area (Å²) in [6.07, 6.45) is 3.66. The molecule has 1 saturated carbocycles. The Kier molecular flexibility index (Phi) is 4.18. The molecule has 1 aromatic carbocycles. The lowest BCUT2D eigenvalue weighted by atomic mass is 9.75. The summed E-state index contributed by atoms with van der Waals surface area (Å²) in [4.78, 5) is 2.26. The molecule has 1 N–H and O–H groups in total. The quantitative estimate of drug-likeness (QED) is 0.883. The average Bonchev–Trinajstić information content (AvgIpc) is 2.32. The molecule has 0 spiro atoms. The molecule has 0 aromatic heterocycles. The van der Waals surface area contributed by atoms with Gasteiger partial charge in [0.05, 0.1) is 11.6 Å². The predicted octanol–water partition coefficient (Wildman–Crippen LogP) is 2.27. The van der Waals surface area contributed by atoms with Gasteiger partial charge in [0.15, 0.2) is 0 Å². The van der Waals surface area contributed by atoms with Crippen molar-refractivity contribution in [1.82, 2.24) is 10.2 Å². The molecule has 3 nitrogen and oxygen atoms in total. The van der Waals surface area contributed by atoms with Crippen LogP contribution in [-0.2, 0) is 6.54 Å². The Hall–Kier alpha value is -1.44. The maximum atomic E-state index is 13.2. The third-order valence-corrected chi connectivity index (χ3v) is 4.19. The molecule has 0 saturated heterocycles. The molecule has 4 heteroatoms. The number of hydrogen-bond donors (Lipinski definition) is 1. The molecule has 0 unspecified atom stereocenters. The second-order valence-corrected chi connectivity index (χ2v) is 5.49. The SMILES string of the molecule is CN(C)C1(CNCc2cc(F)ccc2C#N)CCC1. The first-order chi connectivity index (χ1) is 9.07. The highest BCUT2D eigenvalue weighted by Crippen LogP contribution is 2.35. The first-order valence-electron chi connectivity index (χ1n) is 6.64. The summed E-state index contributed by atoms with van der Waals surface area (Å²) in [5, 5.41) is 12.4. The maximum Gasteiger partial charge on any atom is 0.123 e. The molecule has 102 valence electrons. The van der Waals surface area contributed by atoms with Crippen LogP contribution in [0.4, 0.5) is 4.39 Å². The number of rotatable bonds is 5. The normalized spacial score (nSPS) is 17.0. The fraction of sp³-hybridized carbons (Fsp3) is 0.533. The molecule has 19 heavy (non-hydrogen) atoms. The lowest BCUT2D eigenvalue weighted by Crippen LogP contribution is -2.56. The molecule has 0 heterocycles. The van der Waals surface area contributed by atoms with Crippen molar-refractivity contribution in [2.45, 2.75) is 31.3 Å². The van der Waals surface area contributed by atoms with Gasteiger partial charge in [-0.2, -0.15) is 5.26 Å². The minimum Gasteiger partial charge on any atom is -0.311 e. The first-order valence-corrected chi connectivity index (χ1v) is 6.64. The molecule has 0 radical (unpaired) electrons. The Labute approximate surface area is 114 Å².